The number of nitriles is 1. The molecule has 6 heteroatoms. The number of hydrogen-bond donors (Lipinski definition) is 0. The highest BCUT2D eigenvalue weighted by Gasteiger charge is 2.33. The van der Waals surface area contributed by atoms with E-state index in [0.29, 0.717) is 18.2 Å². The fraction of sp³-hybridized carbons (Fsp3) is 0.529. The van der Waals surface area contributed by atoms with Gasteiger partial charge >= 0.3 is 6.03 Å². The van der Waals surface area contributed by atoms with Gasteiger partial charge in [-0.3, -0.25) is 4.90 Å². The molecular formula is C17H21FN4O. The average molecular weight is 316 g/mol. The number of piperidine rings is 1. The molecule has 0 spiro atoms. The number of likely N-dealkylation sites (tertiary alicyclic amines) is 1. The number of carbonyl (C=O) groups excluding carboxylic acids is 1. The maximum atomic E-state index is 13.2. The summed E-state index contributed by atoms with van der Waals surface area (Å²) in [4.78, 5) is 18.1. The lowest BCUT2D eigenvalue weighted by molar-refractivity contribution is 0.127. The molecule has 0 radical (unpaired) electrons. The van der Waals surface area contributed by atoms with Crippen molar-refractivity contribution in [2.24, 2.45) is 0 Å². The van der Waals surface area contributed by atoms with E-state index in [0.717, 1.165) is 44.6 Å². The molecule has 0 N–H and O–H groups in total. The van der Waals surface area contributed by atoms with E-state index in [-0.39, 0.29) is 11.8 Å². The molecule has 3 rings (SSSR count). The fourth-order valence-electron chi connectivity index (χ4n) is 3.43. The molecule has 2 saturated heterocycles. The van der Waals surface area contributed by atoms with E-state index >= 15 is 0 Å². The van der Waals surface area contributed by atoms with Crippen molar-refractivity contribution in [1.29, 1.82) is 5.26 Å². The standard InChI is InChI=1S/C17H21FN4O/c1-20-8-9-22(17(20)23)16-4-6-21(7-5-16)12-13-2-3-15(18)10-14(13)11-19/h2-3,10,16H,4-9,12H2,1H3. The predicted octanol–water partition coefficient (Wildman–Crippen LogP) is 2.03. The van der Waals surface area contributed by atoms with E-state index in [1.807, 2.05) is 11.9 Å². The summed E-state index contributed by atoms with van der Waals surface area (Å²) >= 11 is 0. The van der Waals surface area contributed by atoms with Gasteiger partial charge in [-0.1, -0.05) is 6.07 Å². The molecule has 0 aliphatic carbocycles. The second-order valence-electron chi connectivity index (χ2n) is 6.32. The first-order chi connectivity index (χ1) is 11.1. The van der Waals surface area contributed by atoms with Crippen LogP contribution in [0.4, 0.5) is 9.18 Å². The Balaban J connectivity index is 1.58. The molecule has 0 saturated carbocycles. The number of urea groups is 1. The lowest BCUT2D eigenvalue weighted by Gasteiger charge is -2.36. The molecular weight excluding hydrogens is 295 g/mol. The number of amides is 2. The van der Waals surface area contributed by atoms with Crippen LogP contribution in [0.1, 0.15) is 24.0 Å². The van der Waals surface area contributed by atoms with Crippen LogP contribution in [0.15, 0.2) is 18.2 Å². The predicted molar refractivity (Wildman–Crippen MR) is 84.1 cm³/mol. The van der Waals surface area contributed by atoms with Gasteiger partial charge in [-0.05, 0) is 30.5 Å². The quantitative estimate of drug-likeness (QED) is 0.857. The molecule has 2 heterocycles. The Bertz CT molecular complexity index is 634. The van der Waals surface area contributed by atoms with Crippen LogP contribution in [0.25, 0.3) is 0 Å². The van der Waals surface area contributed by atoms with Crippen LogP contribution in [-0.4, -0.2) is 60.0 Å². The number of likely N-dealkylation sites (N-methyl/N-ethyl adjacent to an activating group) is 1. The van der Waals surface area contributed by atoms with Crippen LogP contribution in [-0.2, 0) is 6.54 Å². The van der Waals surface area contributed by atoms with Crippen molar-refractivity contribution < 1.29 is 9.18 Å². The summed E-state index contributed by atoms with van der Waals surface area (Å²) in [6, 6.07) is 6.90. The summed E-state index contributed by atoms with van der Waals surface area (Å²) in [6.45, 7) is 4.06. The van der Waals surface area contributed by atoms with Gasteiger partial charge in [0, 0.05) is 45.8 Å². The van der Waals surface area contributed by atoms with Crippen LogP contribution in [0.3, 0.4) is 0 Å². The fourth-order valence-corrected chi connectivity index (χ4v) is 3.43. The Morgan fingerprint density at radius 1 is 1.26 bits per heavy atom. The zero-order valence-electron chi connectivity index (χ0n) is 13.3. The van der Waals surface area contributed by atoms with Gasteiger partial charge in [-0.25, -0.2) is 9.18 Å². The van der Waals surface area contributed by atoms with Gasteiger partial charge in [0.25, 0.3) is 0 Å². The minimum Gasteiger partial charge on any atom is -0.326 e. The lowest BCUT2D eigenvalue weighted by Crippen LogP contribution is -2.46. The number of carbonyl (C=O) groups is 1. The molecule has 2 amide bonds. The highest BCUT2D eigenvalue weighted by molar-refractivity contribution is 5.76. The summed E-state index contributed by atoms with van der Waals surface area (Å²) in [5.74, 6) is -0.374. The third-order valence-corrected chi connectivity index (χ3v) is 4.83. The monoisotopic (exact) mass is 316 g/mol. The molecule has 2 aliphatic rings. The maximum Gasteiger partial charge on any atom is 0.320 e. The number of hydrogen-bond acceptors (Lipinski definition) is 3. The van der Waals surface area contributed by atoms with Crippen molar-refractivity contribution >= 4 is 6.03 Å². The number of rotatable bonds is 3. The minimum absolute atomic E-state index is 0.133. The van der Waals surface area contributed by atoms with Gasteiger partial charge in [0.2, 0.25) is 0 Å². The molecule has 2 aliphatic heterocycles. The summed E-state index contributed by atoms with van der Waals surface area (Å²) < 4.78 is 13.2. The molecule has 122 valence electrons. The largest absolute Gasteiger partial charge is 0.326 e. The summed E-state index contributed by atoms with van der Waals surface area (Å²) in [7, 11) is 1.84. The third-order valence-electron chi connectivity index (χ3n) is 4.83. The topological polar surface area (TPSA) is 50.6 Å². The first-order valence-corrected chi connectivity index (χ1v) is 8.01. The Kier molecular flexibility index (Phi) is 4.49. The van der Waals surface area contributed by atoms with Crippen molar-refractivity contribution in [3.05, 3.63) is 35.1 Å². The van der Waals surface area contributed by atoms with Gasteiger partial charge < -0.3 is 9.80 Å². The van der Waals surface area contributed by atoms with Gasteiger partial charge in [0.15, 0.2) is 0 Å². The summed E-state index contributed by atoms with van der Waals surface area (Å²) in [5, 5.41) is 9.13. The smallest absolute Gasteiger partial charge is 0.320 e. The zero-order chi connectivity index (χ0) is 16.4. The normalized spacial score (nSPS) is 20.1. The lowest BCUT2D eigenvalue weighted by atomic mass is 10.0. The van der Waals surface area contributed by atoms with Gasteiger partial charge in [-0.2, -0.15) is 5.26 Å². The molecule has 0 aromatic heterocycles. The van der Waals surface area contributed by atoms with Crippen molar-refractivity contribution in [3.8, 4) is 6.07 Å². The summed E-state index contributed by atoms with van der Waals surface area (Å²) in [6.07, 6.45) is 1.89. The van der Waals surface area contributed by atoms with Crippen molar-refractivity contribution in [2.75, 3.05) is 33.2 Å². The molecule has 23 heavy (non-hydrogen) atoms. The molecule has 0 bridgehead atoms. The zero-order valence-corrected chi connectivity index (χ0v) is 13.3. The number of nitrogens with zero attached hydrogens (tertiary/aromatic N) is 4. The Morgan fingerprint density at radius 2 is 2.00 bits per heavy atom. The second kappa shape index (κ2) is 6.55. The molecule has 2 fully saturated rings. The number of halogens is 1. The second-order valence-corrected chi connectivity index (χ2v) is 6.32. The Morgan fingerprint density at radius 3 is 2.61 bits per heavy atom. The van der Waals surface area contributed by atoms with Crippen LogP contribution in [0, 0.1) is 17.1 Å². The molecule has 5 nitrogen and oxygen atoms in total. The average Bonchev–Trinajstić information content (AvgIpc) is 2.89. The van der Waals surface area contributed by atoms with Crippen molar-refractivity contribution in [2.45, 2.75) is 25.4 Å². The van der Waals surface area contributed by atoms with Gasteiger partial charge in [-0.15, -0.1) is 0 Å². The SMILES string of the molecule is CN1CCN(C2CCN(Cc3ccc(F)cc3C#N)CC2)C1=O. The van der Waals surface area contributed by atoms with Crippen LogP contribution >= 0.6 is 0 Å². The molecule has 1 aromatic rings. The Labute approximate surface area is 135 Å². The van der Waals surface area contributed by atoms with E-state index in [4.69, 9.17) is 5.26 Å². The van der Waals surface area contributed by atoms with E-state index < -0.39 is 0 Å². The highest BCUT2D eigenvalue weighted by Crippen LogP contribution is 2.22. The Hall–Kier alpha value is -2.13. The van der Waals surface area contributed by atoms with E-state index in [1.54, 1.807) is 11.0 Å². The minimum atomic E-state index is -0.374. The third kappa shape index (κ3) is 3.30. The van der Waals surface area contributed by atoms with Crippen molar-refractivity contribution in [3.63, 3.8) is 0 Å². The first kappa shape index (κ1) is 15.8. The van der Waals surface area contributed by atoms with Crippen LogP contribution in [0.2, 0.25) is 0 Å². The molecule has 0 atom stereocenters. The van der Waals surface area contributed by atoms with Crippen LogP contribution in [0.5, 0.6) is 0 Å². The first-order valence-electron chi connectivity index (χ1n) is 8.01. The van der Waals surface area contributed by atoms with E-state index in [2.05, 4.69) is 11.0 Å². The van der Waals surface area contributed by atoms with E-state index in [9.17, 15) is 9.18 Å². The molecule has 0 unspecified atom stereocenters. The highest BCUT2D eigenvalue weighted by atomic mass is 19.1. The van der Waals surface area contributed by atoms with Gasteiger partial charge in [0.1, 0.15) is 5.82 Å². The molecule has 1 aromatic carbocycles. The number of benzene rings is 1. The maximum absolute atomic E-state index is 13.2. The van der Waals surface area contributed by atoms with E-state index in [1.165, 1.54) is 12.1 Å². The van der Waals surface area contributed by atoms with Crippen molar-refractivity contribution in [1.82, 2.24) is 14.7 Å². The van der Waals surface area contributed by atoms with Crippen LogP contribution < -0.4 is 0 Å². The summed E-state index contributed by atoms with van der Waals surface area (Å²) in [5.41, 5.74) is 1.27. The van der Waals surface area contributed by atoms with Gasteiger partial charge in [0.05, 0.1) is 11.6 Å².